The highest BCUT2D eigenvalue weighted by atomic mass is 19.1. The number of likely N-dealkylation sites (N-methyl/N-ethyl adjacent to an activating group) is 2. The molecule has 30 heavy (non-hydrogen) atoms. The zero-order valence-corrected chi connectivity index (χ0v) is 18.1. The van der Waals surface area contributed by atoms with E-state index in [-0.39, 0.29) is 19.3 Å². The van der Waals surface area contributed by atoms with E-state index in [1.165, 1.54) is 17.0 Å². The number of ether oxygens (including phenoxy) is 1. The smallest absolute Gasteiger partial charge is 0.250 e. The number of halogens is 1. The lowest BCUT2D eigenvalue weighted by Crippen LogP contribution is -2.30. The molecule has 2 aromatic rings. The zero-order chi connectivity index (χ0) is 21.7. The fraction of sp³-hybridized carbons (Fsp3) is 0.375. The number of amides is 1. The minimum atomic E-state index is -0.311. The van der Waals surface area contributed by atoms with Gasteiger partial charge in [0.05, 0.1) is 11.8 Å². The van der Waals surface area contributed by atoms with Crippen molar-refractivity contribution in [2.24, 2.45) is 0 Å². The third-order valence-electron chi connectivity index (χ3n) is 5.26. The molecule has 1 unspecified atom stereocenters. The molecular formula is C24H32FN3O2. The number of hydrogen-bond donors (Lipinski definition) is 1. The number of carbonyl (C=O) groups is 1. The highest BCUT2D eigenvalue weighted by Gasteiger charge is 2.23. The van der Waals surface area contributed by atoms with Crippen molar-refractivity contribution in [2.75, 3.05) is 37.0 Å². The molecule has 1 fully saturated rings. The van der Waals surface area contributed by atoms with Crippen molar-refractivity contribution in [3.8, 4) is 5.75 Å². The van der Waals surface area contributed by atoms with Gasteiger partial charge in [-0.1, -0.05) is 12.1 Å². The van der Waals surface area contributed by atoms with Crippen LogP contribution in [0.5, 0.6) is 5.75 Å². The molecule has 0 aromatic heterocycles. The van der Waals surface area contributed by atoms with E-state index in [0.717, 1.165) is 30.8 Å². The Morgan fingerprint density at radius 1 is 1.30 bits per heavy atom. The van der Waals surface area contributed by atoms with Crippen LogP contribution < -0.4 is 19.9 Å². The van der Waals surface area contributed by atoms with Gasteiger partial charge in [0.25, 0.3) is 5.91 Å². The predicted octanol–water partition coefficient (Wildman–Crippen LogP) is 4.33. The maximum Gasteiger partial charge on any atom is 0.250 e. The number of nitrogens with zero attached hydrogens (tertiary/aromatic N) is 2. The van der Waals surface area contributed by atoms with Gasteiger partial charge in [0.15, 0.2) is 0 Å². The van der Waals surface area contributed by atoms with E-state index in [1.807, 2.05) is 50.1 Å². The van der Waals surface area contributed by atoms with Crippen LogP contribution in [0, 0.1) is 5.82 Å². The molecule has 0 spiro atoms. The molecule has 0 aliphatic carbocycles. The second-order valence-electron chi connectivity index (χ2n) is 7.82. The Labute approximate surface area is 179 Å². The summed E-state index contributed by atoms with van der Waals surface area (Å²) < 4.78 is 20.3. The topological polar surface area (TPSA) is 44.8 Å². The van der Waals surface area contributed by atoms with Crippen molar-refractivity contribution >= 4 is 23.4 Å². The summed E-state index contributed by atoms with van der Waals surface area (Å²) in [7, 11) is 3.57. The molecule has 0 saturated carbocycles. The molecule has 1 heterocycles. The highest BCUT2D eigenvalue weighted by Crippen LogP contribution is 2.27. The fourth-order valence-electron chi connectivity index (χ4n) is 3.51. The largest absolute Gasteiger partial charge is 0.491 e. The maximum atomic E-state index is 14.7. The molecule has 1 amide bonds. The SMILES string of the molecule is CNC1CCN(c2ccc(N(C)C(=O)/C=C/c3ccc(OC(C)C)cc3)cc2F)C1.[HH]. The lowest BCUT2D eigenvalue weighted by molar-refractivity contribution is -0.113. The van der Waals surface area contributed by atoms with Crippen LogP contribution in [0.25, 0.3) is 6.08 Å². The van der Waals surface area contributed by atoms with Crippen LogP contribution >= 0.6 is 0 Å². The van der Waals surface area contributed by atoms with Crippen molar-refractivity contribution in [1.29, 1.82) is 0 Å². The second kappa shape index (κ2) is 9.76. The first-order valence-corrected chi connectivity index (χ1v) is 10.3. The summed E-state index contributed by atoms with van der Waals surface area (Å²) in [4.78, 5) is 16.0. The van der Waals surface area contributed by atoms with Crippen LogP contribution in [0.1, 0.15) is 27.3 Å². The summed E-state index contributed by atoms with van der Waals surface area (Å²) in [6.07, 6.45) is 4.34. The fourth-order valence-corrected chi connectivity index (χ4v) is 3.51. The van der Waals surface area contributed by atoms with Crippen LogP contribution in [0.2, 0.25) is 0 Å². The number of anilines is 2. The minimum absolute atomic E-state index is 0. The van der Waals surface area contributed by atoms with Gasteiger partial charge in [-0.15, -0.1) is 0 Å². The Morgan fingerprint density at radius 2 is 2.03 bits per heavy atom. The van der Waals surface area contributed by atoms with Crippen molar-refractivity contribution in [3.05, 3.63) is 59.9 Å². The van der Waals surface area contributed by atoms with Crippen LogP contribution in [0.4, 0.5) is 15.8 Å². The number of benzene rings is 2. The van der Waals surface area contributed by atoms with Crippen LogP contribution in [-0.4, -0.2) is 45.2 Å². The lowest BCUT2D eigenvalue weighted by Gasteiger charge is -2.21. The van der Waals surface area contributed by atoms with Gasteiger partial charge in [-0.3, -0.25) is 4.79 Å². The number of nitrogens with one attached hydrogen (secondary N) is 1. The number of rotatable bonds is 7. The van der Waals surface area contributed by atoms with Gasteiger partial charge in [0, 0.05) is 39.4 Å². The summed E-state index contributed by atoms with van der Waals surface area (Å²) in [6, 6.07) is 12.9. The van der Waals surface area contributed by atoms with Crippen LogP contribution in [-0.2, 0) is 4.79 Å². The van der Waals surface area contributed by atoms with Crippen molar-refractivity contribution in [1.82, 2.24) is 5.32 Å². The highest BCUT2D eigenvalue weighted by molar-refractivity contribution is 6.03. The van der Waals surface area contributed by atoms with Gasteiger partial charge in [0.1, 0.15) is 11.6 Å². The molecule has 1 atom stereocenters. The van der Waals surface area contributed by atoms with E-state index in [1.54, 1.807) is 25.3 Å². The van der Waals surface area contributed by atoms with Crippen molar-refractivity contribution in [2.45, 2.75) is 32.4 Å². The zero-order valence-electron chi connectivity index (χ0n) is 18.1. The molecule has 5 nitrogen and oxygen atoms in total. The van der Waals surface area contributed by atoms with Gasteiger partial charge >= 0.3 is 0 Å². The molecule has 2 aromatic carbocycles. The predicted molar refractivity (Wildman–Crippen MR) is 123 cm³/mol. The third kappa shape index (κ3) is 5.39. The minimum Gasteiger partial charge on any atom is -0.491 e. The molecule has 1 aliphatic rings. The molecule has 0 bridgehead atoms. The Bertz CT molecular complexity index is 902. The van der Waals surface area contributed by atoms with Gasteiger partial charge in [0.2, 0.25) is 0 Å². The average molecular weight is 414 g/mol. The van der Waals surface area contributed by atoms with E-state index in [0.29, 0.717) is 17.4 Å². The molecule has 1 aliphatic heterocycles. The number of carbonyl (C=O) groups excluding carboxylic acids is 1. The first kappa shape index (κ1) is 21.8. The lowest BCUT2D eigenvalue weighted by atomic mass is 10.2. The second-order valence-corrected chi connectivity index (χ2v) is 7.82. The molecule has 1 N–H and O–H groups in total. The maximum absolute atomic E-state index is 14.7. The molecular weight excluding hydrogens is 381 g/mol. The Hall–Kier alpha value is -2.86. The van der Waals surface area contributed by atoms with Gasteiger partial charge in [-0.05, 0) is 69.3 Å². The molecule has 3 rings (SSSR count). The summed E-state index contributed by atoms with van der Waals surface area (Å²) in [5, 5.41) is 3.23. The Kier molecular flexibility index (Phi) is 7.11. The van der Waals surface area contributed by atoms with E-state index in [9.17, 15) is 9.18 Å². The van der Waals surface area contributed by atoms with Crippen molar-refractivity contribution < 1.29 is 15.3 Å². The van der Waals surface area contributed by atoms with E-state index < -0.39 is 0 Å². The van der Waals surface area contributed by atoms with E-state index in [4.69, 9.17) is 4.74 Å². The van der Waals surface area contributed by atoms with Crippen molar-refractivity contribution in [3.63, 3.8) is 0 Å². The molecule has 6 heteroatoms. The van der Waals surface area contributed by atoms with Gasteiger partial charge < -0.3 is 19.9 Å². The quantitative estimate of drug-likeness (QED) is 0.686. The van der Waals surface area contributed by atoms with E-state index >= 15 is 0 Å². The van der Waals surface area contributed by atoms with E-state index in [2.05, 4.69) is 5.32 Å². The summed E-state index contributed by atoms with van der Waals surface area (Å²) in [5.74, 6) is 0.259. The van der Waals surface area contributed by atoms with Gasteiger partial charge in [-0.2, -0.15) is 0 Å². The Morgan fingerprint density at radius 3 is 2.63 bits per heavy atom. The normalized spacial score (nSPS) is 16.5. The third-order valence-corrected chi connectivity index (χ3v) is 5.26. The molecule has 0 radical (unpaired) electrons. The summed E-state index contributed by atoms with van der Waals surface area (Å²) in [6.45, 7) is 5.55. The first-order valence-electron chi connectivity index (χ1n) is 10.3. The number of hydrogen-bond acceptors (Lipinski definition) is 4. The Balaban J connectivity index is 0.00000341. The summed E-state index contributed by atoms with van der Waals surface area (Å²) in [5.41, 5.74) is 2.00. The van der Waals surface area contributed by atoms with Gasteiger partial charge in [-0.25, -0.2) is 4.39 Å². The van der Waals surface area contributed by atoms with Crippen LogP contribution in [0.15, 0.2) is 48.5 Å². The average Bonchev–Trinajstić information content (AvgIpc) is 3.21. The molecule has 1 saturated heterocycles. The standard InChI is InChI=1S/C24H30FN3O2.H2/c1-17(2)30-21-9-5-18(6-10-21)7-12-24(29)27(4)20-8-11-23(22(25)15-20)28-14-13-19(16-28)26-3;/h5-12,15,17,19,26H,13-14,16H2,1-4H3;1H/b12-7+;. The first-order chi connectivity index (χ1) is 14.4. The monoisotopic (exact) mass is 413 g/mol. The molecule has 162 valence electrons. The van der Waals surface area contributed by atoms with Crippen LogP contribution in [0.3, 0.4) is 0 Å². The summed E-state index contributed by atoms with van der Waals surface area (Å²) >= 11 is 0.